The molecule has 0 saturated carbocycles. The highest BCUT2D eigenvalue weighted by Crippen LogP contribution is 2.14. The van der Waals surface area contributed by atoms with E-state index in [1.54, 1.807) is 6.07 Å². The Bertz CT molecular complexity index is 931. The minimum atomic E-state index is -3.73. The molecular weight excluding hydrogens is 375 g/mol. The molecule has 2 N–H and O–H groups in total. The molecule has 2 aromatic carbocycles. The molecule has 27 heavy (non-hydrogen) atoms. The molecule has 0 radical (unpaired) electrons. The highest BCUT2D eigenvalue weighted by molar-refractivity contribution is 7.89. The van der Waals surface area contributed by atoms with E-state index in [1.807, 2.05) is 6.92 Å². The Morgan fingerprint density at radius 2 is 1.85 bits per heavy atom. The highest BCUT2D eigenvalue weighted by Gasteiger charge is 2.17. The van der Waals surface area contributed by atoms with Gasteiger partial charge < -0.3 is 10.1 Å². The molecule has 144 valence electrons. The van der Waals surface area contributed by atoms with Crippen molar-refractivity contribution in [2.24, 2.45) is 0 Å². The molecule has 0 bridgehead atoms. The first-order valence-corrected chi connectivity index (χ1v) is 9.63. The van der Waals surface area contributed by atoms with E-state index >= 15 is 0 Å². The van der Waals surface area contributed by atoms with Crippen LogP contribution in [0.25, 0.3) is 0 Å². The summed E-state index contributed by atoms with van der Waals surface area (Å²) in [7, 11) is -3.73. The average molecular weight is 394 g/mol. The van der Waals surface area contributed by atoms with Gasteiger partial charge >= 0.3 is 5.97 Å². The first-order chi connectivity index (χ1) is 12.8. The van der Waals surface area contributed by atoms with Crippen LogP contribution in [-0.2, 0) is 19.6 Å². The number of carbonyl (C=O) groups is 2. The molecule has 0 aromatic heterocycles. The minimum Gasteiger partial charge on any atom is -0.452 e. The van der Waals surface area contributed by atoms with Crippen molar-refractivity contribution in [1.29, 1.82) is 0 Å². The van der Waals surface area contributed by atoms with E-state index in [0.29, 0.717) is 6.42 Å². The van der Waals surface area contributed by atoms with Crippen LogP contribution in [0.3, 0.4) is 0 Å². The summed E-state index contributed by atoms with van der Waals surface area (Å²) in [5.41, 5.74) is -0.0540. The Hall–Kier alpha value is -2.78. The number of hydrogen-bond acceptors (Lipinski definition) is 5. The van der Waals surface area contributed by atoms with Gasteiger partial charge in [-0.25, -0.2) is 22.3 Å². The lowest BCUT2D eigenvalue weighted by molar-refractivity contribution is -0.119. The molecule has 0 saturated heterocycles. The van der Waals surface area contributed by atoms with Gasteiger partial charge in [0.25, 0.3) is 5.91 Å². The van der Waals surface area contributed by atoms with Crippen molar-refractivity contribution in [3.05, 3.63) is 59.9 Å². The number of sulfonamides is 1. The average Bonchev–Trinajstić information content (AvgIpc) is 2.66. The smallest absolute Gasteiger partial charge is 0.338 e. The molecule has 0 atom stereocenters. The number of amides is 1. The van der Waals surface area contributed by atoms with E-state index in [2.05, 4.69) is 10.0 Å². The third kappa shape index (κ3) is 5.87. The van der Waals surface area contributed by atoms with Crippen LogP contribution in [0.5, 0.6) is 0 Å². The number of ether oxygens (including phenoxy) is 1. The summed E-state index contributed by atoms with van der Waals surface area (Å²) < 4.78 is 44.9. The first-order valence-electron chi connectivity index (χ1n) is 8.14. The Kier molecular flexibility index (Phi) is 7.03. The molecular formula is C18H19FN2O5S. The van der Waals surface area contributed by atoms with Gasteiger partial charge in [-0.3, -0.25) is 4.79 Å². The van der Waals surface area contributed by atoms with Crippen molar-refractivity contribution < 1.29 is 27.1 Å². The van der Waals surface area contributed by atoms with Gasteiger partial charge in [0.1, 0.15) is 5.82 Å². The largest absolute Gasteiger partial charge is 0.452 e. The van der Waals surface area contributed by atoms with Gasteiger partial charge in [-0.2, -0.15) is 0 Å². The SMILES string of the molecule is CCCNS(=O)(=O)c1cccc(C(=O)OCC(=O)Nc2ccccc2F)c1. The number of carbonyl (C=O) groups excluding carboxylic acids is 2. The Morgan fingerprint density at radius 3 is 2.56 bits per heavy atom. The molecule has 1 amide bonds. The topological polar surface area (TPSA) is 102 Å². The number of nitrogens with one attached hydrogen (secondary N) is 2. The summed E-state index contributed by atoms with van der Waals surface area (Å²) in [5, 5.41) is 2.28. The summed E-state index contributed by atoms with van der Waals surface area (Å²) in [6, 6.07) is 10.8. The second-order valence-corrected chi connectivity index (χ2v) is 7.30. The predicted octanol–water partition coefficient (Wildman–Crippen LogP) is 2.31. The molecule has 2 rings (SSSR count). The van der Waals surface area contributed by atoms with Crippen LogP contribution < -0.4 is 10.0 Å². The fourth-order valence-corrected chi connectivity index (χ4v) is 3.25. The molecule has 9 heteroatoms. The van der Waals surface area contributed by atoms with Crippen molar-refractivity contribution in [3.63, 3.8) is 0 Å². The number of halogens is 1. The van der Waals surface area contributed by atoms with Gasteiger partial charge in [0.05, 0.1) is 16.1 Å². The molecule has 7 nitrogen and oxygen atoms in total. The quantitative estimate of drug-likeness (QED) is 0.669. The van der Waals surface area contributed by atoms with Crippen LogP contribution >= 0.6 is 0 Å². The molecule has 0 heterocycles. The van der Waals surface area contributed by atoms with E-state index in [4.69, 9.17) is 4.74 Å². The third-order valence-electron chi connectivity index (χ3n) is 3.40. The van der Waals surface area contributed by atoms with Gasteiger partial charge in [0, 0.05) is 6.54 Å². The zero-order valence-electron chi connectivity index (χ0n) is 14.6. The van der Waals surface area contributed by atoms with Crippen LogP contribution in [0.15, 0.2) is 53.4 Å². The van der Waals surface area contributed by atoms with Gasteiger partial charge in [-0.15, -0.1) is 0 Å². The van der Waals surface area contributed by atoms with Crippen molar-refractivity contribution in [2.75, 3.05) is 18.5 Å². The Balaban J connectivity index is 1.99. The molecule has 0 fully saturated rings. The number of esters is 1. The number of benzene rings is 2. The zero-order valence-corrected chi connectivity index (χ0v) is 15.4. The van der Waals surface area contributed by atoms with Crippen LogP contribution in [0.1, 0.15) is 23.7 Å². The molecule has 0 unspecified atom stereocenters. The first kappa shape index (κ1) is 20.5. The zero-order chi connectivity index (χ0) is 19.9. The number of hydrogen-bond donors (Lipinski definition) is 2. The van der Waals surface area contributed by atoms with Crippen LogP contribution in [0.4, 0.5) is 10.1 Å². The predicted molar refractivity (Wildman–Crippen MR) is 97.2 cm³/mol. The lowest BCUT2D eigenvalue weighted by atomic mass is 10.2. The third-order valence-corrected chi connectivity index (χ3v) is 4.86. The summed E-state index contributed by atoms with van der Waals surface area (Å²) in [4.78, 5) is 23.8. The fraction of sp³-hybridized carbons (Fsp3) is 0.222. The van der Waals surface area contributed by atoms with E-state index < -0.39 is 34.3 Å². The highest BCUT2D eigenvalue weighted by atomic mass is 32.2. The fourth-order valence-electron chi connectivity index (χ4n) is 2.07. The Labute approximate surface area is 156 Å². The molecule has 0 aliphatic rings. The van der Waals surface area contributed by atoms with Crippen LogP contribution in [-0.4, -0.2) is 33.4 Å². The normalized spacial score (nSPS) is 11.0. The minimum absolute atomic E-state index is 0.0203. The van der Waals surface area contributed by atoms with Crippen molar-refractivity contribution in [2.45, 2.75) is 18.2 Å². The second-order valence-electron chi connectivity index (χ2n) is 5.53. The second kappa shape index (κ2) is 9.24. The Morgan fingerprint density at radius 1 is 1.11 bits per heavy atom. The van der Waals surface area contributed by atoms with Gasteiger partial charge in [-0.1, -0.05) is 25.1 Å². The van der Waals surface area contributed by atoms with E-state index in [1.165, 1.54) is 36.4 Å². The summed E-state index contributed by atoms with van der Waals surface area (Å²) in [5.74, 6) is -2.21. The summed E-state index contributed by atoms with van der Waals surface area (Å²) in [6.45, 7) is 1.45. The number of para-hydroxylation sites is 1. The standard InChI is InChI=1S/C18H19FN2O5S/c1-2-10-20-27(24,25)14-7-5-6-13(11-14)18(23)26-12-17(22)21-16-9-4-3-8-15(16)19/h3-9,11,20H,2,10,12H2,1H3,(H,21,22). The van der Waals surface area contributed by atoms with Crippen LogP contribution in [0, 0.1) is 5.82 Å². The summed E-state index contributed by atoms with van der Waals surface area (Å²) >= 11 is 0. The maximum Gasteiger partial charge on any atom is 0.338 e. The maximum absolute atomic E-state index is 13.5. The molecule has 2 aromatic rings. The molecule has 0 spiro atoms. The number of rotatable bonds is 8. The van der Waals surface area contributed by atoms with E-state index in [0.717, 1.165) is 6.07 Å². The number of anilines is 1. The van der Waals surface area contributed by atoms with Crippen LogP contribution in [0.2, 0.25) is 0 Å². The van der Waals surface area contributed by atoms with Gasteiger partial charge in [-0.05, 0) is 36.8 Å². The van der Waals surface area contributed by atoms with Crippen molar-refractivity contribution in [1.82, 2.24) is 4.72 Å². The van der Waals surface area contributed by atoms with E-state index in [-0.39, 0.29) is 22.7 Å². The van der Waals surface area contributed by atoms with Gasteiger partial charge in [0.2, 0.25) is 10.0 Å². The molecule has 0 aliphatic heterocycles. The summed E-state index contributed by atoms with van der Waals surface area (Å²) in [6.07, 6.45) is 0.623. The van der Waals surface area contributed by atoms with E-state index in [9.17, 15) is 22.4 Å². The maximum atomic E-state index is 13.5. The molecule has 0 aliphatic carbocycles. The monoisotopic (exact) mass is 394 g/mol. The lowest BCUT2D eigenvalue weighted by Crippen LogP contribution is -2.25. The lowest BCUT2D eigenvalue weighted by Gasteiger charge is -2.09. The van der Waals surface area contributed by atoms with Crippen molar-refractivity contribution in [3.8, 4) is 0 Å². The van der Waals surface area contributed by atoms with Gasteiger partial charge in [0.15, 0.2) is 6.61 Å². The van der Waals surface area contributed by atoms with Crippen molar-refractivity contribution >= 4 is 27.6 Å².